The molecule has 33 heteroatoms. The van der Waals surface area contributed by atoms with E-state index in [0.717, 1.165) is 24.5 Å². The molecule has 12 atom stereocenters. The lowest BCUT2D eigenvalue weighted by atomic mass is 9.74. The lowest BCUT2D eigenvalue weighted by Gasteiger charge is -2.46. The number of nitrogens with zero attached hydrogens (tertiary/aromatic N) is 9. The van der Waals surface area contributed by atoms with Crippen LogP contribution in [0.25, 0.3) is 0 Å². The van der Waals surface area contributed by atoms with E-state index in [1.165, 1.54) is 68.9 Å². The van der Waals surface area contributed by atoms with Crippen LogP contribution in [0.15, 0.2) is 12.2 Å². The highest BCUT2D eigenvalue weighted by atomic mass is 19.4. The van der Waals surface area contributed by atoms with Gasteiger partial charge in [-0.05, 0) is 152 Å². The first-order valence-electron chi connectivity index (χ1n) is 39.0. The highest BCUT2D eigenvalue weighted by Crippen LogP contribution is 2.46. The number of hydrogen-bond acceptors (Lipinski definition) is 13. The lowest BCUT2D eigenvalue weighted by molar-refractivity contribution is -0.219. The molecule has 2 heterocycles. The number of hydrogen-bond donors (Lipinski definition) is 3. The van der Waals surface area contributed by atoms with E-state index in [9.17, 15) is 83.1 Å². The summed E-state index contributed by atoms with van der Waals surface area (Å²) < 4.78 is 117. The van der Waals surface area contributed by atoms with Crippen molar-refractivity contribution < 1.29 is 97.4 Å². The minimum atomic E-state index is -5.03. The van der Waals surface area contributed by atoms with E-state index in [4.69, 9.17) is 10.5 Å². The average molecular weight is 1560 g/mol. The Labute approximate surface area is 636 Å². The molecule has 25 nitrogen and oxygen atoms in total. The molecule has 109 heavy (non-hydrogen) atoms. The molecule has 0 aromatic heterocycles. The summed E-state index contributed by atoms with van der Waals surface area (Å²) in [6, 6.07) is -9.03. The first-order chi connectivity index (χ1) is 51.0. The van der Waals surface area contributed by atoms with Gasteiger partial charge in [0.2, 0.25) is 70.9 Å². The van der Waals surface area contributed by atoms with Crippen LogP contribution in [-0.4, -0.2) is 283 Å². The van der Waals surface area contributed by atoms with E-state index in [-0.39, 0.29) is 115 Å². The fourth-order valence-corrected chi connectivity index (χ4v) is 16.6. The molecule has 618 valence electrons. The number of nitrogens with one attached hydrogen (secondary N) is 2. The van der Waals surface area contributed by atoms with Gasteiger partial charge in [0.1, 0.15) is 66.1 Å². The summed E-state index contributed by atoms with van der Waals surface area (Å²) in [7, 11) is 9.64. The number of alkyl halides is 8. The van der Waals surface area contributed by atoms with Crippen molar-refractivity contribution in [2.24, 2.45) is 53.1 Å². The smallest absolute Gasteiger partial charge is 0.379 e. The molecule has 4 saturated carbocycles. The summed E-state index contributed by atoms with van der Waals surface area (Å²) in [5.41, 5.74) is 3.94. The maximum absolute atomic E-state index is 15.5. The second-order valence-electron chi connectivity index (χ2n) is 32.0. The van der Waals surface area contributed by atoms with E-state index in [0.29, 0.717) is 44.9 Å². The summed E-state index contributed by atoms with van der Waals surface area (Å²) in [6.07, 6.45) is -7.72. The highest BCUT2D eigenvalue weighted by Gasteiger charge is 2.56. The largest absolute Gasteiger partial charge is 0.397 e. The average Bonchev–Trinajstić information content (AvgIpc) is 1.61. The molecule has 4 N–H and O–H groups in total. The quantitative estimate of drug-likeness (QED) is 0.0333. The van der Waals surface area contributed by atoms with Gasteiger partial charge in [-0.1, -0.05) is 66.0 Å². The number of carbonyl (C=O) groups is 12. The number of likely N-dealkylation sites (N-methyl/N-ethyl adjacent to an activating group) is 7. The standard InChI is InChI=1S/C76H120F8N12O13/c1-14-35-109-44-58(65(100)86-63(46(5)15-2)71(106)90(9)43-61(99)91(10)54-25-18-17-21-34-95(70(54)105)57(69(104)89(8)42-59(85)97)39-48-28-30-51(31-29-48)75(79,80)81)92(11)60(98)40-56(68(103)88(7)16-3)93(12)72(107)64(50-23-19-20-24-50)94(13)73(108)74(32-22-33-74)87-66(101)55-36-45(4)41-96(55)67(102)47(6)26-27-49-37-52(77)62(53(78)38-49)76(82,83)84/h17-18,45-58,62-64H,14-16,19-44H2,1-13H3,(H2,85,97)(H,86,100)(H,87,101)/b18-17-/t45-,46-,47-,48?,49?,51?,52?,53?,54-,55-,56-,57-,58-,62?,63-,64-/m0/s1. The summed E-state index contributed by atoms with van der Waals surface area (Å²) in [4.78, 5) is 185. The van der Waals surface area contributed by atoms with Gasteiger partial charge in [0.15, 0.2) is 0 Å². The van der Waals surface area contributed by atoms with Gasteiger partial charge in [0.05, 0.1) is 32.0 Å². The van der Waals surface area contributed by atoms with E-state index in [1.54, 1.807) is 39.8 Å². The minimum Gasteiger partial charge on any atom is -0.379 e. The Kier molecular flexibility index (Phi) is 33.1. The van der Waals surface area contributed by atoms with Gasteiger partial charge in [-0.3, -0.25) is 57.5 Å². The van der Waals surface area contributed by atoms with Crippen LogP contribution in [0.4, 0.5) is 35.1 Å². The summed E-state index contributed by atoms with van der Waals surface area (Å²) >= 11 is 0. The molecule has 0 radical (unpaired) electrons. The topological polar surface area (TPSA) is 293 Å². The van der Waals surface area contributed by atoms with Crippen LogP contribution in [0, 0.1) is 47.3 Å². The molecule has 0 aromatic rings. The van der Waals surface area contributed by atoms with Gasteiger partial charge < -0.3 is 65.2 Å². The SMILES string of the molecule is CCCOC[C@@H](C(=O)N[C@H](C(=O)N(C)CC(=O)N(C)[C@H]1C/C=C\CCN([C@@H](CC2CCC(C(F)(F)F)CC2)C(=O)N(C)CC(N)=O)C1=O)[C@@H](C)CC)N(C)C(=O)C[C@@H](C(=O)N(C)CC)N(C)C(=O)[C@H](C1CCCC1)N(C)C(=O)C1(NC(=O)[C@@H]2C[C@H](C)CN2C(=O)[C@@H](C)CCC2CC(F)C(C(F)(F)F)C(F)C2)CCC1. The molecule has 0 spiro atoms. The van der Waals surface area contributed by atoms with Gasteiger partial charge in [0.25, 0.3) is 0 Å². The van der Waals surface area contributed by atoms with Crippen molar-refractivity contribution in [3.8, 4) is 0 Å². The van der Waals surface area contributed by atoms with Crippen LogP contribution in [0.2, 0.25) is 0 Å². The molecule has 5 fully saturated rings. The monoisotopic (exact) mass is 1560 g/mol. The maximum Gasteiger partial charge on any atom is 0.397 e. The molecular weight excluding hydrogens is 1440 g/mol. The summed E-state index contributed by atoms with van der Waals surface area (Å²) in [5.74, 6) is -15.5. The molecule has 0 bridgehead atoms. The van der Waals surface area contributed by atoms with E-state index >= 15 is 9.59 Å². The maximum atomic E-state index is 15.5. The first-order valence-corrected chi connectivity index (χ1v) is 39.0. The van der Waals surface area contributed by atoms with Gasteiger partial charge in [-0.25, -0.2) is 8.78 Å². The third kappa shape index (κ3) is 23.0. The molecule has 6 rings (SSSR count). The lowest BCUT2D eigenvalue weighted by Crippen LogP contribution is -2.68. The molecule has 0 aromatic carbocycles. The number of likely N-dealkylation sites (tertiary alicyclic amines) is 1. The molecule has 2 aliphatic heterocycles. The van der Waals surface area contributed by atoms with Gasteiger partial charge in [-0.15, -0.1) is 0 Å². The summed E-state index contributed by atoms with van der Waals surface area (Å²) in [5, 5.41) is 5.79. The fourth-order valence-electron chi connectivity index (χ4n) is 16.6. The Bertz CT molecular complexity index is 3190. The van der Waals surface area contributed by atoms with Crippen molar-refractivity contribution in [2.45, 2.75) is 255 Å². The zero-order chi connectivity index (χ0) is 81.5. The number of nitrogens with two attached hydrogens (primary N) is 1. The van der Waals surface area contributed by atoms with Crippen molar-refractivity contribution in [1.82, 2.24) is 54.7 Å². The second kappa shape index (κ2) is 39.8. The number of ether oxygens (including phenoxy) is 1. The van der Waals surface area contributed by atoms with Crippen molar-refractivity contribution in [3.05, 3.63) is 12.2 Å². The van der Waals surface area contributed by atoms with Crippen molar-refractivity contribution in [2.75, 3.05) is 95.3 Å². The van der Waals surface area contributed by atoms with Crippen LogP contribution in [0.3, 0.4) is 0 Å². The van der Waals surface area contributed by atoms with E-state index in [1.807, 2.05) is 13.8 Å². The Morgan fingerprint density at radius 3 is 1.87 bits per heavy atom. The molecule has 1 saturated heterocycles. The Morgan fingerprint density at radius 2 is 1.32 bits per heavy atom. The van der Waals surface area contributed by atoms with Crippen molar-refractivity contribution in [3.63, 3.8) is 0 Å². The molecule has 12 amide bonds. The Balaban J connectivity index is 1.17. The zero-order valence-electron chi connectivity index (χ0n) is 65.9. The third-order valence-corrected chi connectivity index (χ3v) is 24.0. The number of amides is 12. The van der Waals surface area contributed by atoms with E-state index < -0.39 is 218 Å². The highest BCUT2D eigenvalue weighted by molar-refractivity contribution is 6.00. The molecular formula is C76H120F8N12O13. The second-order valence-corrected chi connectivity index (χ2v) is 32.0. The minimum absolute atomic E-state index is 0.0116. The van der Waals surface area contributed by atoms with Crippen LogP contribution in [-0.2, 0) is 62.3 Å². The fraction of sp³-hybridized carbons (Fsp3) is 0.816. The number of primary amides is 1. The number of halogens is 8. The van der Waals surface area contributed by atoms with Crippen molar-refractivity contribution in [1.29, 1.82) is 0 Å². The number of rotatable bonds is 34. The van der Waals surface area contributed by atoms with E-state index in [2.05, 4.69) is 10.6 Å². The summed E-state index contributed by atoms with van der Waals surface area (Å²) in [6.45, 7) is 9.34. The zero-order valence-corrected chi connectivity index (χ0v) is 65.9. The van der Waals surface area contributed by atoms with Gasteiger partial charge in [-0.2, -0.15) is 26.3 Å². The molecule has 6 aliphatic rings. The predicted molar refractivity (Wildman–Crippen MR) is 388 cm³/mol. The molecule has 2 unspecified atom stereocenters. The third-order valence-electron chi connectivity index (χ3n) is 24.0. The number of carbonyl (C=O) groups excluding carboxylic acids is 12. The van der Waals surface area contributed by atoms with Crippen LogP contribution in [0.5, 0.6) is 0 Å². The van der Waals surface area contributed by atoms with Crippen LogP contribution < -0.4 is 16.4 Å². The van der Waals surface area contributed by atoms with Gasteiger partial charge >= 0.3 is 12.4 Å². The predicted octanol–water partition coefficient (Wildman–Crippen LogP) is 6.98. The van der Waals surface area contributed by atoms with Crippen molar-refractivity contribution >= 4 is 70.9 Å². The normalized spacial score (nSPS) is 25.4. The van der Waals surface area contributed by atoms with Crippen LogP contribution in [0.1, 0.15) is 183 Å². The van der Waals surface area contributed by atoms with Crippen LogP contribution >= 0.6 is 0 Å². The van der Waals surface area contributed by atoms with Gasteiger partial charge in [0, 0.05) is 81.5 Å². The first kappa shape index (κ1) is 90.7. The Hall–Kier alpha value is -7.22. The molecule has 4 aliphatic carbocycles. The Morgan fingerprint density at radius 1 is 0.706 bits per heavy atom.